The highest BCUT2D eigenvalue weighted by molar-refractivity contribution is 5.97. The van der Waals surface area contributed by atoms with Crippen LogP contribution in [0.2, 0.25) is 0 Å². The second-order valence-electron chi connectivity index (χ2n) is 4.82. The first-order chi connectivity index (χ1) is 10.1. The number of amides is 1. The van der Waals surface area contributed by atoms with E-state index in [0.717, 1.165) is 26.1 Å². The van der Waals surface area contributed by atoms with Crippen molar-refractivity contribution in [3.05, 3.63) is 23.8 Å². The standard InChI is InChI=1S/C16H27N3O2.ClH/c1-4-19(5-2)11-7-10-18-16(20)14-9-8-13(17)12-15(14)21-6-3;/h8-9,12H,4-7,10-11,17H2,1-3H3,(H,18,20);1H. The first-order valence-corrected chi connectivity index (χ1v) is 7.65. The Labute approximate surface area is 139 Å². The summed E-state index contributed by atoms with van der Waals surface area (Å²) in [4.78, 5) is 14.5. The second-order valence-corrected chi connectivity index (χ2v) is 4.82. The molecule has 0 saturated heterocycles. The zero-order chi connectivity index (χ0) is 15.7. The minimum absolute atomic E-state index is 0. The van der Waals surface area contributed by atoms with Gasteiger partial charge in [0.15, 0.2) is 0 Å². The molecule has 0 aliphatic heterocycles. The van der Waals surface area contributed by atoms with Gasteiger partial charge in [-0.15, -0.1) is 12.4 Å². The van der Waals surface area contributed by atoms with E-state index in [4.69, 9.17) is 10.5 Å². The van der Waals surface area contributed by atoms with Crippen LogP contribution in [-0.2, 0) is 0 Å². The molecule has 6 heteroatoms. The van der Waals surface area contributed by atoms with E-state index in [1.54, 1.807) is 18.2 Å². The van der Waals surface area contributed by atoms with Crippen LogP contribution >= 0.6 is 12.4 Å². The highest BCUT2D eigenvalue weighted by atomic mass is 35.5. The van der Waals surface area contributed by atoms with E-state index in [1.807, 2.05) is 6.92 Å². The second kappa shape index (κ2) is 11.2. The number of nitrogens with two attached hydrogens (primary N) is 1. The van der Waals surface area contributed by atoms with E-state index in [2.05, 4.69) is 24.1 Å². The Hall–Kier alpha value is -1.46. The van der Waals surface area contributed by atoms with Crippen molar-refractivity contribution in [1.29, 1.82) is 0 Å². The third-order valence-corrected chi connectivity index (χ3v) is 3.38. The average molecular weight is 330 g/mol. The number of rotatable bonds is 9. The van der Waals surface area contributed by atoms with E-state index in [1.165, 1.54) is 0 Å². The summed E-state index contributed by atoms with van der Waals surface area (Å²) in [5.74, 6) is 0.428. The van der Waals surface area contributed by atoms with Gasteiger partial charge in [0, 0.05) is 18.3 Å². The fourth-order valence-corrected chi connectivity index (χ4v) is 2.14. The number of anilines is 1. The summed E-state index contributed by atoms with van der Waals surface area (Å²) in [6.07, 6.45) is 0.937. The van der Waals surface area contributed by atoms with Gasteiger partial charge in [0.05, 0.1) is 12.2 Å². The normalized spacial score (nSPS) is 10.2. The zero-order valence-corrected chi connectivity index (χ0v) is 14.5. The van der Waals surface area contributed by atoms with Crippen LogP contribution < -0.4 is 15.8 Å². The molecule has 0 spiro atoms. The Morgan fingerprint density at radius 3 is 2.55 bits per heavy atom. The zero-order valence-electron chi connectivity index (χ0n) is 13.7. The summed E-state index contributed by atoms with van der Waals surface area (Å²) in [6.45, 7) is 10.4. The quantitative estimate of drug-likeness (QED) is 0.539. The summed E-state index contributed by atoms with van der Waals surface area (Å²) in [5, 5.41) is 2.93. The van der Waals surface area contributed by atoms with Gasteiger partial charge in [-0.2, -0.15) is 0 Å². The number of carbonyl (C=O) groups excluding carboxylic acids is 1. The van der Waals surface area contributed by atoms with Crippen LogP contribution in [0.25, 0.3) is 0 Å². The maximum Gasteiger partial charge on any atom is 0.255 e. The lowest BCUT2D eigenvalue weighted by molar-refractivity contribution is 0.0948. The SMILES string of the molecule is CCOc1cc(N)ccc1C(=O)NCCCN(CC)CC.Cl. The van der Waals surface area contributed by atoms with Gasteiger partial charge < -0.3 is 20.7 Å². The minimum Gasteiger partial charge on any atom is -0.493 e. The number of benzene rings is 1. The van der Waals surface area contributed by atoms with Crippen LogP contribution in [0.5, 0.6) is 5.75 Å². The number of nitrogens with one attached hydrogen (secondary N) is 1. The fraction of sp³-hybridized carbons (Fsp3) is 0.562. The first-order valence-electron chi connectivity index (χ1n) is 7.65. The molecule has 0 aliphatic rings. The van der Waals surface area contributed by atoms with E-state index >= 15 is 0 Å². The van der Waals surface area contributed by atoms with Crippen molar-refractivity contribution in [1.82, 2.24) is 10.2 Å². The van der Waals surface area contributed by atoms with Crippen LogP contribution in [0, 0.1) is 0 Å². The molecule has 0 aromatic heterocycles. The summed E-state index contributed by atoms with van der Waals surface area (Å²) >= 11 is 0. The van der Waals surface area contributed by atoms with E-state index in [9.17, 15) is 4.79 Å². The van der Waals surface area contributed by atoms with Gasteiger partial charge in [-0.3, -0.25) is 4.79 Å². The molecule has 0 heterocycles. The van der Waals surface area contributed by atoms with Crippen molar-refractivity contribution in [2.45, 2.75) is 27.2 Å². The van der Waals surface area contributed by atoms with Crippen molar-refractivity contribution < 1.29 is 9.53 Å². The summed E-state index contributed by atoms with van der Waals surface area (Å²) in [5.41, 5.74) is 6.86. The van der Waals surface area contributed by atoms with Gasteiger partial charge in [0.2, 0.25) is 0 Å². The summed E-state index contributed by atoms with van der Waals surface area (Å²) in [7, 11) is 0. The van der Waals surface area contributed by atoms with Crippen molar-refractivity contribution >= 4 is 24.0 Å². The smallest absolute Gasteiger partial charge is 0.255 e. The third kappa shape index (κ3) is 6.54. The topological polar surface area (TPSA) is 67.6 Å². The van der Waals surface area contributed by atoms with Crippen molar-refractivity contribution in [2.75, 3.05) is 38.5 Å². The number of nitrogen functional groups attached to an aromatic ring is 1. The molecule has 0 saturated carbocycles. The van der Waals surface area contributed by atoms with Gasteiger partial charge in [-0.25, -0.2) is 0 Å². The number of hydrogen-bond acceptors (Lipinski definition) is 4. The van der Waals surface area contributed by atoms with Crippen LogP contribution in [0.1, 0.15) is 37.6 Å². The van der Waals surface area contributed by atoms with E-state index in [-0.39, 0.29) is 18.3 Å². The average Bonchev–Trinajstić information content (AvgIpc) is 2.47. The monoisotopic (exact) mass is 329 g/mol. The molecule has 0 bridgehead atoms. The maximum absolute atomic E-state index is 12.2. The maximum atomic E-state index is 12.2. The molecule has 0 unspecified atom stereocenters. The lowest BCUT2D eigenvalue weighted by atomic mass is 10.1. The molecule has 3 N–H and O–H groups in total. The molecule has 22 heavy (non-hydrogen) atoms. The Bertz CT molecular complexity index is 451. The first kappa shape index (κ1) is 20.5. The Morgan fingerprint density at radius 2 is 1.95 bits per heavy atom. The number of nitrogens with zero attached hydrogens (tertiary/aromatic N) is 1. The van der Waals surface area contributed by atoms with Crippen LogP contribution in [0.15, 0.2) is 18.2 Å². The number of halogens is 1. The molecular weight excluding hydrogens is 302 g/mol. The predicted octanol–water partition coefficient (Wildman–Crippen LogP) is 2.55. The number of hydrogen-bond donors (Lipinski definition) is 2. The molecule has 126 valence electrons. The largest absolute Gasteiger partial charge is 0.493 e. The molecule has 0 aliphatic carbocycles. The van der Waals surface area contributed by atoms with Crippen LogP contribution in [0.3, 0.4) is 0 Å². The molecule has 0 fully saturated rings. The molecule has 5 nitrogen and oxygen atoms in total. The molecule has 1 aromatic carbocycles. The fourth-order valence-electron chi connectivity index (χ4n) is 2.14. The van der Waals surface area contributed by atoms with Crippen LogP contribution in [-0.4, -0.2) is 43.6 Å². The van der Waals surface area contributed by atoms with Gasteiger partial charge in [0.25, 0.3) is 5.91 Å². The molecule has 1 aromatic rings. The van der Waals surface area contributed by atoms with E-state index in [0.29, 0.717) is 30.2 Å². The third-order valence-electron chi connectivity index (χ3n) is 3.38. The van der Waals surface area contributed by atoms with Crippen molar-refractivity contribution in [3.63, 3.8) is 0 Å². The van der Waals surface area contributed by atoms with Gasteiger partial charge in [-0.1, -0.05) is 13.8 Å². The summed E-state index contributed by atoms with van der Waals surface area (Å²) < 4.78 is 5.47. The molecule has 1 amide bonds. The van der Waals surface area contributed by atoms with Gasteiger partial charge in [0.1, 0.15) is 5.75 Å². The van der Waals surface area contributed by atoms with E-state index < -0.39 is 0 Å². The lowest BCUT2D eigenvalue weighted by Crippen LogP contribution is -2.30. The number of carbonyl (C=O) groups is 1. The Balaban J connectivity index is 0.00000441. The molecule has 1 rings (SSSR count). The Morgan fingerprint density at radius 1 is 1.27 bits per heavy atom. The lowest BCUT2D eigenvalue weighted by Gasteiger charge is -2.18. The van der Waals surface area contributed by atoms with Gasteiger partial charge in [-0.05, 0) is 45.1 Å². The highest BCUT2D eigenvalue weighted by Gasteiger charge is 2.12. The van der Waals surface area contributed by atoms with Crippen molar-refractivity contribution in [3.8, 4) is 5.75 Å². The summed E-state index contributed by atoms with van der Waals surface area (Å²) in [6, 6.07) is 5.11. The molecular formula is C16H28ClN3O2. The van der Waals surface area contributed by atoms with Crippen LogP contribution in [0.4, 0.5) is 5.69 Å². The highest BCUT2D eigenvalue weighted by Crippen LogP contribution is 2.21. The molecule has 0 atom stereocenters. The number of ether oxygens (including phenoxy) is 1. The van der Waals surface area contributed by atoms with Crippen molar-refractivity contribution in [2.24, 2.45) is 0 Å². The minimum atomic E-state index is -0.113. The predicted molar refractivity (Wildman–Crippen MR) is 94.0 cm³/mol. The molecule has 0 radical (unpaired) electrons. The van der Waals surface area contributed by atoms with Gasteiger partial charge >= 0.3 is 0 Å². The Kier molecular flexibility index (Phi) is 10.4.